The molecule has 0 spiro atoms. The van der Waals surface area contributed by atoms with Crippen LogP contribution < -0.4 is 0 Å². The van der Waals surface area contributed by atoms with Crippen LogP contribution in [-0.2, 0) is 13.0 Å². The van der Waals surface area contributed by atoms with Gasteiger partial charge in [0.2, 0.25) is 5.82 Å². The molecule has 5 aromatic rings. The molecule has 3 heterocycles. The minimum Gasteiger partial charge on any atom is -0.378 e. The third-order valence-corrected chi connectivity index (χ3v) is 6.33. The van der Waals surface area contributed by atoms with Crippen molar-refractivity contribution >= 4 is 0 Å². The predicted octanol–water partition coefficient (Wildman–Crippen LogP) is 4.99. The van der Waals surface area contributed by atoms with Gasteiger partial charge in [-0.1, -0.05) is 55.5 Å². The molecule has 198 valence electrons. The molecule has 2 N–H and O–H groups in total. The van der Waals surface area contributed by atoms with Crippen LogP contribution in [-0.4, -0.2) is 46.0 Å². The van der Waals surface area contributed by atoms with Crippen molar-refractivity contribution in [2.45, 2.75) is 38.6 Å². The van der Waals surface area contributed by atoms with E-state index in [-0.39, 0.29) is 18.1 Å². The van der Waals surface area contributed by atoms with E-state index >= 15 is 0 Å². The van der Waals surface area contributed by atoms with Crippen LogP contribution >= 0.6 is 0 Å². The second kappa shape index (κ2) is 10.5. The number of rotatable bonds is 8. The van der Waals surface area contributed by atoms with Gasteiger partial charge in [0.05, 0.1) is 12.2 Å². The Labute approximate surface area is 221 Å². The molecule has 0 fully saturated rings. The van der Waals surface area contributed by atoms with E-state index < -0.39 is 18.0 Å². The zero-order chi connectivity index (χ0) is 27.6. The van der Waals surface area contributed by atoms with E-state index in [0.717, 1.165) is 33.2 Å². The first-order valence-corrected chi connectivity index (χ1v) is 12.2. The smallest absolute Gasteiger partial charge is 0.378 e. The summed E-state index contributed by atoms with van der Waals surface area (Å²) in [5, 5.41) is 34.2. The molecule has 12 heteroatoms. The van der Waals surface area contributed by atoms with Gasteiger partial charge in [-0.2, -0.15) is 23.6 Å². The van der Waals surface area contributed by atoms with E-state index in [2.05, 4.69) is 31.7 Å². The number of nitrogens with zero attached hydrogens (tertiary/aromatic N) is 7. The second-order valence-corrected chi connectivity index (χ2v) is 8.87. The van der Waals surface area contributed by atoms with Crippen molar-refractivity contribution in [3.05, 3.63) is 89.6 Å². The number of aromatic amines is 1. The van der Waals surface area contributed by atoms with E-state index in [1.807, 2.05) is 55.5 Å². The number of nitrogens with one attached hydrogen (secondary N) is 1. The molecule has 2 aromatic carbocycles. The summed E-state index contributed by atoms with van der Waals surface area (Å²) >= 11 is 0. The quantitative estimate of drug-likeness (QED) is 0.291. The molecule has 0 radical (unpaired) electrons. The Balaban J connectivity index is 1.50. The number of aliphatic hydroxyl groups is 1. The molecule has 1 unspecified atom stereocenters. The molecule has 5 rings (SSSR count). The number of hydrogen-bond acceptors (Lipinski definition) is 6. The summed E-state index contributed by atoms with van der Waals surface area (Å²) in [7, 11) is 0. The molecule has 0 aliphatic carbocycles. The monoisotopic (exact) mass is 532 g/mol. The van der Waals surface area contributed by atoms with Crippen molar-refractivity contribution in [2.75, 3.05) is 0 Å². The van der Waals surface area contributed by atoms with Crippen molar-refractivity contribution in [1.29, 1.82) is 5.26 Å². The van der Waals surface area contributed by atoms with E-state index in [1.165, 1.54) is 18.3 Å². The van der Waals surface area contributed by atoms with Crippen LogP contribution in [0.3, 0.4) is 0 Å². The summed E-state index contributed by atoms with van der Waals surface area (Å²) in [6, 6.07) is 20.1. The van der Waals surface area contributed by atoms with Gasteiger partial charge in [0.15, 0.2) is 17.6 Å². The Kier molecular flexibility index (Phi) is 7.00. The van der Waals surface area contributed by atoms with Crippen LogP contribution in [0.25, 0.3) is 28.3 Å². The molecule has 0 saturated heterocycles. The number of hydrogen-bond donors (Lipinski definition) is 2. The summed E-state index contributed by atoms with van der Waals surface area (Å²) in [4.78, 5) is 4.54. The van der Waals surface area contributed by atoms with Gasteiger partial charge < -0.3 is 14.2 Å². The number of aromatic nitrogens is 7. The normalized spacial score (nSPS) is 12.4. The lowest BCUT2D eigenvalue weighted by Gasteiger charge is -2.16. The lowest BCUT2D eigenvalue weighted by Crippen LogP contribution is -2.22. The van der Waals surface area contributed by atoms with Crippen molar-refractivity contribution < 1.29 is 18.3 Å². The van der Waals surface area contributed by atoms with Gasteiger partial charge in [-0.25, -0.2) is 4.98 Å². The Morgan fingerprint density at radius 1 is 1.05 bits per heavy atom. The van der Waals surface area contributed by atoms with Gasteiger partial charge in [-0.05, 0) is 40.5 Å². The van der Waals surface area contributed by atoms with Crippen LogP contribution in [0.4, 0.5) is 13.2 Å². The largest absolute Gasteiger partial charge is 0.420 e. The number of imidazole rings is 1. The fourth-order valence-corrected chi connectivity index (χ4v) is 4.50. The average Bonchev–Trinajstić information content (AvgIpc) is 3.69. The number of H-pyrrole nitrogens is 1. The second-order valence-electron chi connectivity index (χ2n) is 8.87. The number of halogens is 3. The Morgan fingerprint density at radius 3 is 2.44 bits per heavy atom. The third-order valence-electron chi connectivity index (χ3n) is 6.33. The highest BCUT2D eigenvalue weighted by molar-refractivity contribution is 5.80. The summed E-state index contributed by atoms with van der Waals surface area (Å²) < 4.78 is 42.7. The number of aliphatic hydroxyl groups excluding tert-OH is 1. The van der Waals surface area contributed by atoms with Crippen molar-refractivity contribution in [1.82, 2.24) is 34.7 Å². The molecule has 0 aliphatic heterocycles. The van der Waals surface area contributed by atoms with E-state index in [9.17, 15) is 23.5 Å². The number of tetrazole rings is 1. The molecule has 39 heavy (non-hydrogen) atoms. The van der Waals surface area contributed by atoms with Crippen LogP contribution in [0.5, 0.6) is 0 Å². The fraction of sp³-hybridized carbons (Fsp3) is 0.222. The maximum Gasteiger partial charge on any atom is 0.420 e. The Bertz CT molecular complexity index is 1610. The first-order chi connectivity index (χ1) is 18.8. The van der Waals surface area contributed by atoms with Crippen molar-refractivity contribution in [2.24, 2.45) is 0 Å². The van der Waals surface area contributed by atoms with Crippen molar-refractivity contribution in [3.8, 4) is 34.4 Å². The zero-order valence-electron chi connectivity index (χ0n) is 20.8. The number of alkyl halides is 3. The van der Waals surface area contributed by atoms with Gasteiger partial charge in [-0.3, -0.25) is 0 Å². The molecular formula is C27H23F3N8O. The minimum absolute atomic E-state index is 0.0508. The minimum atomic E-state index is -4.86. The Hall–Kier alpha value is -4.76. The van der Waals surface area contributed by atoms with Gasteiger partial charge in [0.1, 0.15) is 11.9 Å². The molecule has 0 amide bonds. The zero-order valence-corrected chi connectivity index (χ0v) is 20.8. The molecule has 9 nitrogen and oxygen atoms in total. The summed E-state index contributed by atoms with van der Waals surface area (Å²) in [6.45, 7) is 2.24. The topological polar surface area (TPSA) is 121 Å². The molecular weight excluding hydrogens is 509 g/mol. The number of benzene rings is 2. The maximum atomic E-state index is 13.3. The van der Waals surface area contributed by atoms with Crippen LogP contribution in [0.2, 0.25) is 0 Å². The van der Waals surface area contributed by atoms with E-state index in [0.29, 0.717) is 18.1 Å². The van der Waals surface area contributed by atoms with E-state index in [1.54, 1.807) is 4.57 Å². The van der Waals surface area contributed by atoms with E-state index in [4.69, 9.17) is 0 Å². The molecule has 3 aromatic heterocycles. The predicted molar refractivity (Wildman–Crippen MR) is 135 cm³/mol. The van der Waals surface area contributed by atoms with Crippen LogP contribution in [0, 0.1) is 11.3 Å². The number of aryl methyl sites for hydroxylation is 1. The highest BCUT2D eigenvalue weighted by Crippen LogP contribution is 2.35. The average molecular weight is 533 g/mol. The Morgan fingerprint density at radius 2 is 1.79 bits per heavy atom. The maximum absolute atomic E-state index is 13.3. The van der Waals surface area contributed by atoms with Gasteiger partial charge in [0.25, 0.3) is 0 Å². The van der Waals surface area contributed by atoms with Crippen molar-refractivity contribution in [3.63, 3.8) is 0 Å². The fourth-order valence-electron chi connectivity index (χ4n) is 4.50. The molecule has 1 atom stereocenters. The lowest BCUT2D eigenvalue weighted by atomic mass is 9.98. The molecule has 0 aliphatic rings. The first-order valence-electron chi connectivity index (χ1n) is 12.2. The van der Waals surface area contributed by atoms with Crippen LogP contribution in [0.1, 0.15) is 42.2 Å². The highest BCUT2D eigenvalue weighted by Gasteiger charge is 2.41. The van der Waals surface area contributed by atoms with Gasteiger partial charge in [-0.15, -0.1) is 10.2 Å². The SMILES string of the molecule is CCCc1nc(-n2cccc2C(O)C(F)(F)F)c(C#N)n1Cc1ccc(-c2ccccc2-c2nn[nH]n2)cc1. The first kappa shape index (κ1) is 25.9. The lowest BCUT2D eigenvalue weighted by molar-refractivity contribution is -0.208. The third kappa shape index (κ3) is 5.04. The molecule has 0 bridgehead atoms. The summed E-state index contributed by atoms with van der Waals surface area (Å²) in [5.74, 6) is 1.09. The van der Waals surface area contributed by atoms with Crippen LogP contribution in [0.15, 0.2) is 66.9 Å². The van der Waals surface area contributed by atoms with Gasteiger partial charge in [0, 0.05) is 18.2 Å². The standard InChI is InChI=1S/C27H23F3N8O/c1-2-6-23-32-26(37-14-5-9-21(37)24(39)27(28,29)30)22(15-31)38(23)16-17-10-12-18(13-11-17)19-7-3-4-8-20(19)25-33-35-36-34-25/h3-5,7-14,24,39H,2,6,16H2,1H3,(H,33,34,35,36). The highest BCUT2D eigenvalue weighted by atomic mass is 19.4. The summed E-state index contributed by atoms with van der Waals surface area (Å²) in [5.41, 5.74) is 3.24. The summed E-state index contributed by atoms with van der Waals surface area (Å²) in [6.07, 6.45) is -4.97. The molecule has 0 saturated carbocycles. The number of nitriles is 1. The van der Waals surface area contributed by atoms with Gasteiger partial charge >= 0.3 is 6.18 Å².